The maximum atomic E-state index is 13.6. The lowest BCUT2D eigenvalue weighted by atomic mass is 8.92. The summed E-state index contributed by atoms with van der Waals surface area (Å²) in [6.45, 7) is 4.39. The molecule has 0 bridgehead atoms. The number of H-pyrrole nitrogens is 1. The third-order valence-corrected chi connectivity index (χ3v) is 11.7. The van der Waals surface area contributed by atoms with Crippen LogP contribution in [0, 0.1) is 40.9 Å². The van der Waals surface area contributed by atoms with Gasteiger partial charge in [-0.3, -0.25) is 0 Å². The highest BCUT2D eigenvalue weighted by atomic mass is 19.4. The van der Waals surface area contributed by atoms with E-state index in [2.05, 4.69) is 24.9 Å². The Morgan fingerprint density at radius 3 is 2.38 bits per heavy atom. The second-order valence-corrected chi connectivity index (χ2v) is 13.3. The van der Waals surface area contributed by atoms with Crippen molar-refractivity contribution >= 4 is 11.2 Å². The molecular formula is C29H27F3N8O2. The second kappa shape index (κ2) is 7.05. The zero-order chi connectivity index (χ0) is 28.5. The molecule has 11 rings (SSSR count). The highest BCUT2D eigenvalue weighted by Crippen LogP contribution is 3.09. The van der Waals surface area contributed by atoms with Crippen LogP contribution in [0.5, 0.6) is 11.8 Å². The van der Waals surface area contributed by atoms with Crippen LogP contribution in [0.1, 0.15) is 55.9 Å². The molecule has 4 aromatic rings. The summed E-state index contributed by atoms with van der Waals surface area (Å²) in [5, 5.41) is 0. The molecule has 7 fully saturated rings. The van der Waals surface area contributed by atoms with Crippen molar-refractivity contribution < 1.29 is 22.6 Å². The molecule has 0 radical (unpaired) electrons. The Kier molecular flexibility index (Phi) is 3.99. The smallest absolute Gasteiger partial charge is 0.434 e. The van der Waals surface area contributed by atoms with E-state index in [0.717, 1.165) is 18.5 Å². The van der Waals surface area contributed by atoms with Gasteiger partial charge in [-0.15, -0.1) is 0 Å². The summed E-state index contributed by atoms with van der Waals surface area (Å²) in [5.41, 5.74) is 1.83. The molecule has 0 atom stereocenters. The van der Waals surface area contributed by atoms with Gasteiger partial charge >= 0.3 is 6.18 Å². The topological polar surface area (TPSA) is 117 Å². The fourth-order valence-electron chi connectivity index (χ4n) is 10.4. The summed E-state index contributed by atoms with van der Waals surface area (Å²) in [4.78, 5) is 30.1. The van der Waals surface area contributed by atoms with Crippen LogP contribution >= 0.6 is 0 Å². The number of alkyl halides is 3. The molecule has 0 amide bonds. The number of methoxy groups -OCH3 is 1. The third kappa shape index (κ3) is 2.32. The number of ether oxygens (including phenoxy) is 2. The lowest BCUT2D eigenvalue weighted by Gasteiger charge is -3.10. The average molecular weight is 577 g/mol. The second-order valence-electron chi connectivity index (χ2n) is 13.3. The SMILES string of the molecule is COc1ncnc(C2CC2)c1-c1nc(OCC23C4C5C2C2C3C4C52c2nc(C(F)(F)F)cn2C(C)C)c2[nH]cnc2n1. The Bertz CT molecular complexity index is 1790. The van der Waals surface area contributed by atoms with Crippen LogP contribution in [0.15, 0.2) is 18.9 Å². The van der Waals surface area contributed by atoms with E-state index in [0.29, 0.717) is 88.2 Å². The summed E-state index contributed by atoms with van der Waals surface area (Å²) in [5.74, 6) is 4.93. The highest BCUT2D eigenvalue weighted by Gasteiger charge is 3.10. The summed E-state index contributed by atoms with van der Waals surface area (Å²) in [6, 6.07) is -0.0700. The maximum absolute atomic E-state index is 13.6. The Morgan fingerprint density at radius 1 is 1.00 bits per heavy atom. The van der Waals surface area contributed by atoms with Crippen molar-refractivity contribution in [3.8, 4) is 23.1 Å². The van der Waals surface area contributed by atoms with Gasteiger partial charge in [0.15, 0.2) is 17.2 Å². The van der Waals surface area contributed by atoms with E-state index in [1.54, 1.807) is 18.0 Å². The van der Waals surface area contributed by atoms with Gasteiger partial charge in [0, 0.05) is 29.0 Å². The molecular weight excluding hydrogens is 549 g/mol. The van der Waals surface area contributed by atoms with Gasteiger partial charge < -0.3 is 19.0 Å². The van der Waals surface area contributed by atoms with Crippen molar-refractivity contribution in [2.24, 2.45) is 40.9 Å². The highest BCUT2D eigenvalue weighted by molar-refractivity contribution is 5.79. The minimum Gasteiger partial charge on any atom is -0.480 e. The number of fused-ring (bicyclic) bond motifs is 1. The van der Waals surface area contributed by atoms with E-state index in [4.69, 9.17) is 19.4 Å². The number of imidazole rings is 2. The molecule has 0 spiro atoms. The average Bonchev–Trinajstić information content (AvgIpc) is 3.52. The summed E-state index contributed by atoms with van der Waals surface area (Å²) in [6.07, 6.45) is 1.96. The van der Waals surface area contributed by atoms with Crippen molar-refractivity contribution in [3.63, 3.8) is 0 Å². The summed E-state index contributed by atoms with van der Waals surface area (Å²) >= 11 is 0. The van der Waals surface area contributed by atoms with Crippen molar-refractivity contribution in [3.05, 3.63) is 36.1 Å². The van der Waals surface area contributed by atoms with E-state index in [1.165, 1.54) is 12.5 Å². The molecule has 0 unspecified atom stereocenters. The number of nitrogens with one attached hydrogen (secondary N) is 1. The first kappa shape index (κ1) is 23.8. The molecule has 13 heteroatoms. The van der Waals surface area contributed by atoms with Crippen LogP contribution in [0.2, 0.25) is 0 Å². The summed E-state index contributed by atoms with van der Waals surface area (Å²) < 4.78 is 54.7. The predicted molar refractivity (Wildman–Crippen MR) is 139 cm³/mol. The van der Waals surface area contributed by atoms with Crippen LogP contribution in [-0.2, 0) is 11.6 Å². The lowest BCUT2D eigenvalue weighted by Crippen LogP contribution is -3.12. The van der Waals surface area contributed by atoms with Crippen molar-refractivity contribution in [2.75, 3.05) is 13.7 Å². The standard InChI is InChI=1S/C29H27F3N8O2/c1-10(2)40-6-12(29(30,31)32)37-26(40)28-17-14-18(28)16-19(28)15(17)27(14,16)7-42-25-21-23(35-8-34-21)38-22(39-25)13-20(11-4-5-11)33-9-36-24(13)41-3/h6,8-11,14-19H,4-5,7H2,1-3H3,(H,34,35,38,39). The largest absolute Gasteiger partial charge is 0.480 e. The molecule has 7 aliphatic carbocycles. The molecule has 1 N–H and O–H groups in total. The zero-order valence-corrected chi connectivity index (χ0v) is 23.1. The molecule has 10 nitrogen and oxygen atoms in total. The number of halogens is 3. The number of nitrogens with zero attached hydrogens (tertiary/aromatic N) is 7. The molecule has 0 aliphatic heterocycles. The van der Waals surface area contributed by atoms with Gasteiger partial charge in [-0.25, -0.2) is 24.9 Å². The van der Waals surface area contributed by atoms with E-state index in [-0.39, 0.29) is 16.9 Å². The number of rotatable bonds is 8. The molecule has 4 heterocycles. The van der Waals surface area contributed by atoms with Gasteiger partial charge in [0.2, 0.25) is 11.8 Å². The van der Waals surface area contributed by atoms with Crippen LogP contribution in [-0.4, -0.2) is 53.2 Å². The quantitative estimate of drug-likeness (QED) is 0.325. The minimum atomic E-state index is -4.44. The first-order valence-corrected chi connectivity index (χ1v) is 14.6. The van der Waals surface area contributed by atoms with Gasteiger partial charge in [0.05, 0.1) is 25.7 Å². The number of hydrogen-bond donors (Lipinski definition) is 1. The van der Waals surface area contributed by atoms with Crippen LogP contribution in [0.4, 0.5) is 13.2 Å². The molecule has 7 saturated carbocycles. The zero-order valence-electron chi connectivity index (χ0n) is 23.1. The normalized spacial score (nSPS) is 36.1. The Morgan fingerprint density at radius 2 is 1.74 bits per heavy atom. The molecule has 7 aliphatic rings. The number of hydrogen-bond acceptors (Lipinski definition) is 8. The van der Waals surface area contributed by atoms with E-state index < -0.39 is 11.9 Å². The fraction of sp³-hybridized carbons (Fsp3) is 0.586. The molecule has 0 saturated heterocycles. The van der Waals surface area contributed by atoms with Gasteiger partial charge in [0.1, 0.15) is 23.2 Å². The molecule has 0 aromatic carbocycles. The lowest BCUT2D eigenvalue weighted by molar-refractivity contribution is -0.632. The Balaban J connectivity index is 0.954. The fourth-order valence-corrected chi connectivity index (χ4v) is 10.4. The van der Waals surface area contributed by atoms with Gasteiger partial charge in [-0.2, -0.15) is 18.2 Å². The first-order valence-electron chi connectivity index (χ1n) is 14.6. The van der Waals surface area contributed by atoms with Gasteiger partial charge in [-0.1, -0.05) is 0 Å². The molecule has 216 valence electrons. The number of aromatic amines is 1. The van der Waals surface area contributed by atoms with Crippen LogP contribution < -0.4 is 9.47 Å². The predicted octanol–water partition coefficient (Wildman–Crippen LogP) is 4.56. The van der Waals surface area contributed by atoms with E-state index >= 15 is 0 Å². The molecule has 4 aromatic heterocycles. The maximum Gasteiger partial charge on any atom is 0.434 e. The third-order valence-electron chi connectivity index (χ3n) is 11.7. The van der Waals surface area contributed by atoms with E-state index in [9.17, 15) is 13.2 Å². The van der Waals surface area contributed by atoms with Gasteiger partial charge in [-0.05, 0) is 62.2 Å². The first-order chi connectivity index (χ1) is 20.2. The van der Waals surface area contributed by atoms with Crippen LogP contribution in [0.25, 0.3) is 22.6 Å². The Hall–Kier alpha value is -3.77. The monoisotopic (exact) mass is 576 g/mol. The number of aromatic nitrogens is 8. The molecule has 42 heavy (non-hydrogen) atoms. The van der Waals surface area contributed by atoms with Gasteiger partial charge in [0.25, 0.3) is 0 Å². The van der Waals surface area contributed by atoms with Crippen molar-refractivity contribution in [2.45, 2.75) is 50.2 Å². The van der Waals surface area contributed by atoms with Crippen LogP contribution in [0.3, 0.4) is 0 Å². The minimum absolute atomic E-state index is 0.0700. The van der Waals surface area contributed by atoms with Crippen molar-refractivity contribution in [1.29, 1.82) is 0 Å². The van der Waals surface area contributed by atoms with E-state index in [1.807, 2.05) is 13.8 Å². The Labute approximate surface area is 237 Å². The summed E-state index contributed by atoms with van der Waals surface area (Å²) in [7, 11) is 1.57. The van der Waals surface area contributed by atoms with Crippen molar-refractivity contribution in [1.82, 2.24) is 39.5 Å².